The highest BCUT2D eigenvalue weighted by atomic mass is 16.4. The van der Waals surface area contributed by atoms with E-state index in [9.17, 15) is 9.90 Å². The van der Waals surface area contributed by atoms with E-state index >= 15 is 0 Å². The van der Waals surface area contributed by atoms with Gasteiger partial charge in [-0.25, -0.2) is 0 Å². The minimum Gasteiger partial charge on any atom is -0.481 e. The minimum absolute atomic E-state index is 0.377. The number of aromatic nitrogens is 1. The molecule has 1 fully saturated rings. The minimum atomic E-state index is -0.654. The van der Waals surface area contributed by atoms with E-state index in [-0.39, 0.29) is 0 Å². The molecule has 0 aliphatic heterocycles. The third-order valence-electron chi connectivity index (χ3n) is 3.62. The van der Waals surface area contributed by atoms with E-state index in [4.69, 9.17) is 0 Å². The van der Waals surface area contributed by atoms with Gasteiger partial charge in [-0.2, -0.15) is 0 Å². The molecule has 1 unspecified atom stereocenters. The molecule has 0 saturated heterocycles. The largest absolute Gasteiger partial charge is 0.481 e. The van der Waals surface area contributed by atoms with Gasteiger partial charge in [-0.05, 0) is 50.2 Å². The summed E-state index contributed by atoms with van der Waals surface area (Å²) < 4.78 is 0. The maximum absolute atomic E-state index is 11.3. The van der Waals surface area contributed by atoms with Gasteiger partial charge in [0.1, 0.15) is 0 Å². The SMILES string of the molecule is CC(CCc1cccnc1)(C(=O)O)C1CC1. The lowest BCUT2D eigenvalue weighted by atomic mass is 9.79. The van der Waals surface area contributed by atoms with Gasteiger partial charge in [0.2, 0.25) is 0 Å². The molecular weight excluding hydrogens is 202 g/mol. The van der Waals surface area contributed by atoms with Crippen molar-refractivity contribution in [3.05, 3.63) is 30.1 Å². The van der Waals surface area contributed by atoms with Crippen LogP contribution in [-0.4, -0.2) is 16.1 Å². The summed E-state index contributed by atoms with van der Waals surface area (Å²) in [4.78, 5) is 15.4. The number of hydrogen-bond donors (Lipinski definition) is 1. The Morgan fingerprint density at radius 3 is 2.88 bits per heavy atom. The van der Waals surface area contributed by atoms with Gasteiger partial charge in [0.25, 0.3) is 0 Å². The highest BCUT2D eigenvalue weighted by molar-refractivity contribution is 5.75. The molecule has 1 aromatic heterocycles. The lowest BCUT2D eigenvalue weighted by Crippen LogP contribution is -2.30. The first-order valence-corrected chi connectivity index (χ1v) is 5.75. The standard InChI is InChI=1S/C13H17NO2/c1-13(12(15)16,11-4-5-11)7-6-10-3-2-8-14-9-10/h2-3,8-9,11H,4-7H2,1H3,(H,15,16). The first kappa shape index (κ1) is 11.1. The highest BCUT2D eigenvalue weighted by Crippen LogP contribution is 2.48. The van der Waals surface area contributed by atoms with Crippen molar-refractivity contribution >= 4 is 5.97 Å². The Balaban J connectivity index is 2.00. The summed E-state index contributed by atoms with van der Waals surface area (Å²) in [7, 11) is 0. The van der Waals surface area contributed by atoms with E-state index in [0.717, 1.165) is 24.8 Å². The average molecular weight is 219 g/mol. The number of aliphatic carboxylic acids is 1. The van der Waals surface area contributed by atoms with Crippen LogP contribution in [0.15, 0.2) is 24.5 Å². The monoisotopic (exact) mass is 219 g/mol. The molecule has 1 aromatic rings. The van der Waals surface area contributed by atoms with Crippen LogP contribution < -0.4 is 0 Å². The van der Waals surface area contributed by atoms with Crippen molar-refractivity contribution in [1.29, 1.82) is 0 Å². The Hall–Kier alpha value is -1.38. The van der Waals surface area contributed by atoms with Gasteiger partial charge in [-0.3, -0.25) is 9.78 Å². The molecule has 3 heteroatoms. The van der Waals surface area contributed by atoms with Crippen molar-refractivity contribution < 1.29 is 9.90 Å². The summed E-state index contributed by atoms with van der Waals surface area (Å²) in [6, 6.07) is 3.90. The fourth-order valence-electron chi connectivity index (χ4n) is 2.16. The molecule has 1 heterocycles. The number of pyridine rings is 1. The maximum atomic E-state index is 11.3. The van der Waals surface area contributed by atoms with Crippen LogP contribution in [-0.2, 0) is 11.2 Å². The topological polar surface area (TPSA) is 50.2 Å². The Morgan fingerprint density at radius 1 is 1.62 bits per heavy atom. The van der Waals surface area contributed by atoms with Gasteiger partial charge in [0, 0.05) is 12.4 Å². The van der Waals surface area contributed by atoms with Gasteiger partial charge in [-0.15, -0.1) is 0 Å². The summed E-state index contributed by atoms with van der Waals surface area (Å²) in [6.07, 6.45) is 7.19. The van der Waals surface area contributed by atoms with E-state index in [0.29, 0.717) is 12.3 Å². The summed E-state index contributed by atoms with van der Waals surface area (Å²) in [5.41, 5.74) is 0.575. The van der Waals surface area contributed by atoms with Crippen LogP contribution >= 0.6 is 0 Å². The number of carboxylic acid groups (broad SMARTS) is 1. The summed E-state index contributed by atoms with van der Waals surface area (Å²) in [5.74, 6) is -0.277. The maximum Gasteiger partial charge on any atom is 0.309 e. The number of carbonyl (C=O) groups is 1. The summed E-state index contributed by atoms with van der Waals surface area (Å²) in [6.45, 7) is 1.88. The molecule has 16 heavy (non-hydrogen) atoms. The van der Waals surface area contributed by atoms with Crippen LogP contribution in [0, 0.1) is 11.3 Å². The van der Waals surface area contributed by atoms with Crippen LogP contribution in [0.2, 0.25) is 0 Å². The van der Waals surface area contributed by atoms with E-state index in [1.807, 2.05) is 25.3 Å². The Labute approximate surface area is 95.5 Å². The van der Waals surface area contributed by atoms with Crippen molar-refractivity contribution in [1.82, 2.24) is 4.98 Å². The highest BCUT2D eigenvalue weighted by Gasteiger charge is 2.46. The van der Waals surface area contributed by atoms with Crippen molar-refractivity contribution in [3.8, 4) is 0 Å². The second-order valence-electron chi connectivity index (χ2n) is 4.86. The average Bonchev–Trinajstić information content (AvgIpc) is 3.11. The smallest absolute Gasteiger partial charge is 0.309 e. The van der Waals surface area contributed by atoms with Crippen LogP contribution in [0.25, 0.3) is 0 Å². The fraction of sp³-hybridized carbons (Fsp3) is 0.538. The number of nitrogens with zero attached hydrogens (tertiary/aromatic N) is 1. The predicted molar refractivity (Wildman–Crippen MR) is 61.0 cm³/mol. The summed E-state index contributed by atoms with van der Waals surface area (Å²) in [5, 5.41) is 9.31. The molecule has 1 N–H and O–H groups in total. The zero-order chi connectivity index (χ0) is 11.6. The van der Waals surface area contributed by atoms with Crippen molar-refractivity contribution in [2.75, 3.05) is 0 Å². The molecule has 1 atom stereocenters. The molecule has 1 aliphatic carbocycles. The number of carboxylic acids is 1. The van der Waals surface area contributed by atoms with Gasteiger partial charge >= 0.3 is 5.97 Å². The Kier molecular flexibility index (Phi) is 2.95. The zero-order valence-electron chi connectivity index (χ0n) is 9.52. The van der Waals surface area contributed by atoms with E-state index in [2.05, 4.69) is 4.98 Å². The molecule has 0 bridgehead atoms. The Morgan fingerprint density at radius 2 is 2.38 bits per heavy atom. The molecule has 1 aliphatic rings. The number of hydrogen-bond acceptors (Lipinski definition) is 2. The predicted octanol–water partition coefficient (Wildman–Crippen LogP) is 2.52. The van der Waals surface area contributed by atoms with E-state index < -0.39 is 11.4 Å². The van der Waals surface area contributed by atoms with Crippen LogP contribution in [0.5, 0.6) is 0 Å². The van der Waals surface area contributed by atoms with Crippen LogP contribution in [0.1, 0.15) is 31.7 Å². The van der Waals surface area contributed by atoms with Gasteiger partial charge < -0.3 is 5.11 Å². The zero-order valence-corrected chi connectivity index (χ0v) is 9.52. The molecule has 0 spiro atoms. The fourth-order valence-corrected chi connectivity index (χ4v) is 2.16. The third-order valence-corrected chi connectivity index (χ3v) is 3.62. The van der Waals surface area contributed by atoms with Crippen LogP contribution in [0.4, 0.5) is 0 Å². The van der Waals surface area contributed by atoms with Gasteiger partial charge in [-0.1, -0.05) is 6.07 Å². The number of aryl methyl sites for hydroxylation is 1. The molecule has 86 valence electrons. The first-order valence-electron chi connectivity index (χ1n) is 5.75. The van der Waals surface area contributed by atoms with Crippen molar-refractivity contribution in [2.24, 2.45) is 11.3 Å². The second-order valence-corrected chi connectivity index (χ2v) is 4.86. The first-order chi connectivity index (χ1) is 7.63. The second kappa shape index (κ2) is 4.24. The molecular formula is C13H17NO2. The molecule has 0 aromatic carbocycles. The molecule has 0 radical (unpaired) electrons. The lowest BCUT2D eigenvalue weighted by molar-refractivity contribution is -0.149. The lowest BCUT2D eigenvalue weighted by Gasteiger charge is -2.24. The van der Waals surface area contributed by atoms with Gasteiger partial charge in [0.05, 0.1) is 5.41 Å². The van der Waals surface area contributed by atoms with Crippen molar-refractivity contribution in [3.63, 3.8) is 0 Å². The molecule has 0 amide bonds. The summed E-state index contributed by atoms with van der Waals surface area (Å²) >= 11 is 0. The van der Waals surface area contributed by atoms with Crippen molar-refractivity contribution in [2.45, 2.75) is 32.6 Å². The quantitative estimate of drug-likeness (QED) is 0.827. The van der Waals surface area contributed by atoms with Gasteiger partial charge in [0.15, 0.2) is 0 Å². The molecule has 3 nitrogen and oxygen atoms in total. The molecule has 1 saturated carbocycles. The third kappa shape index (κ3) is 2.23. The van der Waals surface area contributed by atoms with E-state index in [1.54, 1.807) is 6.20 Å². The number of rotatable bonds is 5. The van der Waals surface area contributed by atoms with E-state index in [1.165, 1.54) is 0 Å². The molecule has 2 rings (SSSR count). The van der Waals surface area contributed by atoms with Crippen LogP contribution in [0.3, 0.4) is 0 Å². The Bertz CT molecular complexity index is 373. The normalized spacial score (nSPS) is 19.1.